The van der Waals surface area contributed by atoms with Crippen molar-refractivity contribution in [2.45, 2.75) is 32.4 Å². The van der Waals surface area contributed by atoms with E-state index in [1.807, 2.05) is 25.3 Å². The molecule has 6 heteroatoms. The zero-order valence-corrected chi connectivity index (χ0v) is 14.5. The molecule has 2 aromatic rings. The van der Waals surface area contributed by atoms with Gasteiger partial charge in [0.1, 0.15) is 11.6 Å². The molecule has 1 fully saturated rings. The van der Waals surface area contributed by atoms with Crippen LogP contribution in [0.3, 0.4) is 0 Å². The van der Waals surface area contributed by atoms with Crippen LogP contribution in [0.25, 0.3) is 0 Å². The molecule has 3 rings (SSSR count). The van der Waals surface area contributed by atoms with Gasteiger partial charge < -0.3 is 9.47 Å². The number of rotatable bonds is 6. The van der Waals surface area contributed by atoms with E-state index in [9.17, 15) is 0 Å². The Labute approximate surface area is 136 Å². The Morgan fingerprint density at radius 1 is 1.41 bits per heavy atom. The Bertz CT molecular complexity index is 592. The van der Waals surface area contributed by atoms with Crippen LogP contribution in [0.4, 0.5) is 0 Å². The minimum atomic E-state index is 0.625. The van der Waals surface area contributed by atoms with E-state index in [0.717, 1.165) is 18.2 Å². The second-order valence-electron chi connectivity index (χ2n) is 6.21. The molecule has 0 aliphatic carbocycles. The highest BCUT2D eigenvalue weighted by Crippen LogP contribution is 2.18. The third kappa shape index (κ3) is 3.56. The minimum absolute atomic E-state index is 0.625. The lowest BCUT2D eigenvalue weighted by Crippen LogP contribution is -2.35. The van der Waals surface area contributed by atoms with E-state index < -0.39 is 0 Å². The molecule has 2 aromatic heterocycles. The predicted octanol–water partition coefficient (Wildman–Crippen LogP) is 1.93. The van der Waals surface area contributed by atoms with Gasteiger partial charge in [-0.25, -0.2) is 0 Å². The van der Waals surface area contributed by atoms with Gasteiger partial charge >= 0.3 is 0 Å². The summed E-state index contributed by atoms with van der Waals surface area (Å²) in [4.78, 5) is 6.50. The van der Waals surface area contributed by atoms with Gasteiger partial charge in [0.2, 0.25) is 0 Å². The number of hydrogen-bond donors (Lipinski definition) is 0. The lowest BCUT2D eigenvalue weighted by molar-refractivity contribution is 0.219. The second-order valence-corrected chi connectivity index (χ2v) is 7.24. The van der Waals surface area contributed by atoms with Crippen LogP contribution in [-0.4, -0.2) is 57.3 Å². The summed E-state index contributed by atoms with van der Waals surface area (Å²) in [6.45, 7) is 6.42. The summed E-state index contributed by atoms with van der Waals surface area (Å²) in [5, 5.41) is 10.6. The smallest absolute Gasteiger partial charge is 0.146 e. The number of thiophene rings is 1. The monoisotopic (exact) mass is 319 g/mol. The molecular weight excluding hydrogens is 294 g/mol. The van der Waals surface area contributed by atoms with E-state index >= 15 is 0 Å². The van der Waals surface area contributed by atoms with Crippen LogP contribution in [0, 0.1) is 6.92 Å². The standard InChI is InChI=1S/C16H25N5S/c1-13-17-18-16(20(13)3)12-19(2)14-6-8-21(11-14)9-7-15-5-4-10-22-15/h4-5,10,14H,6-9,11-12H2,1-3H3. The van der Waals surface area contributed by atoms with Crippen molar-refractivity contribution in [1.29, 1.82) is 0 Å². The molecule has 3 heterocycles. The number of aromatic nitrogens is 3. The first-order chi connectivity index (χ1) is 10.6. The van der Waals surface area contributed by atoms with Crippen molar-refractivity contribution >= 4 is 11.3 Å². The van der Waals surface area contributed by atoms with Gasteiger partial charge in [0, 0.05) is 31.1 Å². The van der Waals surface area contributed by atoms with E-state index in [-0.39, 0.29) is 0 Å². The number of aryl methyl sites for hydroxylation is 1. The highest BCUT2D eigenvalue weighted by Gasteiger charge is 2.26. The first-order valence-corrected chi connectivity index (χ1v) is 8.81. The molecule has 1 unspecified atom stereocenters. The molecular formula is C16H25N5S. The van der Waals surface area contributed by atoms with Crippen molar-refractivity contribution in [2.75, 3.05) is 26.7 Å². The maximum absolute atomic E-state index is 4.27. The number of hydrogen-bond acceptors (Lipinski definition) is 5. The van der Waals surface area contributed by atoms with Crippen molar-refractivity contribution < 1.29 is 0 Å². The minimum Gasteiger partial charge on any atom is -0.317 e. The van der Waals surface area contributed by atoms with Gasteiger partial charge in [-0.1, -0.05) is 6.07 Å². The molecule has 5 nitrogen and oxygen atoms in total. The fourth-order valence-electron chi connectivity index (χ4n) is 3.04. The highest BCUT2D eigenvalue weighted by atomic mass is 32.1. The van der Waals surface area contributed by atoms with Crippen LogP contribution < -0.4 is 0 Å². The second kappa shape index (κ2) is 6.89. The van der Waals surface area contributed by atoms with Crippen molar-refractivity contribution in [3.8, 4) is 0 Å². The molecule has 22 heavy (non-hydrogen) atoms. The molecule has 0 bridgehead atoms. The number of nitrogens with zero attached hydrogens (tertiary/aromatic N) is 5. The zero-order chi connectivity index (χ0) is 15.5. The summed E-state index contributed by atoms with van der Waals surface area (Å²) >= 11 is 1.86. The van der Waals surface area contributed by atoms with Gasteiger partial charge in [0.25, 0.3) is 0 Å². The maximum Gasteiger partial charge on any atom is 0.146 e. The van der Waals surface area contributed by atoms with Crippen LogP contribution in [0.2, 0.25) is 0 Å². The SMILES string of the molecule is Cc1nnc(CN(C)C2CCN(CCc3cccs3)C2)n1C. The van der Waals surface area contributed by atoms with Crippen LogP contribution in [0.1, 0.15) is 22.9 Å². The summed E-state index contributed by atoms with van der Waals surface area (Å²) in [7, 11) is 4.25. The first-order valence-electron chi connectivity index (χ1n) is 7.93. The first kappa shape index (κ1) is 15.6. The van der Waals surface area contributed by atoms with Gasteiger partial charge in [-0.2, -0.15) is 0 Å². The van der Waals surface area contributed by atoms with Gasteiger partial charge in [0.15, 0.2) is 0 Å². The Balaban J connectivity index is 1.48. The maximum atomic E-state index is 4.27. The molecule has 1 aliphatic heterocycles. The molecule has 0 saturated carbocycles. The van der Waals surface area contributed by atoms with E-state index in [2.05, 4.69) is 49.1 Å². The van der Waals surface area contributed by atoms with Crippen molar-refractivity contribution in [1.82, 2.24) is 24.6 Å². The van der Waals surface area contributed by atoms with Crippen molar-refractivity contribution in [3.63, 3.8) is 0 Å². The van der Waals surface area contributed by atoms with Gasteiger partial charge in [-0.3, -0.25) is 4.90 Å². The van der Waals surface area contributed by atoms with E-state index in [1.165, 1.54) is 37.4 Å². The van der Waals surface area contributed by atoms with Gasteiger partial charge in [-0.15, -0.1) is 21.5 Å². The lowest BCUT2D eigenvalue weighted by Gasteiger charge is -2.24. The molecule has 0 spiro atoms. The summed E-state index contributed by atoms with van der Waals surface area (Å²) in [6, 6.07) is 5.00. The largest absolute Gasteiger partial charge is 0.317 e. The zero-order valence-electron chi connectivity index (χ0n) is 13.7. The summed E-state index contributed by atoms with van der Waals surface area (Å²) < 4.78 is 2.08. The predicted molar refractivity (Wildman–Crippen MR) is 90.1 cm³/mol. The van der Waals surface area contributed by atoms with Crippen LogP contribution in [0.15, 0.2) is 17.5 Å². The molecule has 0 amide bonds. The third-order valence-corrected chi connectivity index (χ3v) is 5.64. The number of likely N-dealkylation sites (tertiary alicyclic amines) is 1. The molecule has 0 radical (unpaired) electrons. The lowest BCUT2D eigenvalue weighted by atomic mass is 10.2. The average Bonchev–Trinajstić information content (AvgIpc) is 3.23. The van der Waals surface area contributed by atoms with E-state index in [1.54, 1.807) is 0 Å². The third-order valence-electron chi connectivity index (χ3n) is 4.70. The van der Waals surface area contributed by atoms with Crippen LogP contribution in [-0.2, 0) is 20.0 Å². The Kier molecular flexibility index (Phi) is 4.90. The van der Waals surface area contributed by atoms with Crippen LogP contribution >= 0.6 is 11.3 Å². The van der Waals surface area contributed by atoms with Crippen molar-refractivity contribution in [3.05, 3.63) is 34.0 Å². The normalized spacial score (nSPS) is 19.4. The van der Waals surface area contributed by atoms with Crippen LogP contribution in [0.5, 0.6) is 0 Å². The van der Waals surface area contributed by atoms with Gasteiger partial charge in [-0.05, 0) is 44.8 Å². The quantitative estimate of drug-likeness (QED) is 0.815. The molecule has 120 valence electrons. The Morgan fingerprint density at radius 3 is 2.95 bits per heavy atom. The fraction of sp³-hybridized carbons (Fsp3) is 0.625. The fourth-order valence-corrected chi connectivity index (χ4v) is 3.74. The molecule has 1 saturated heterocycles. The van der Waals surface area contributed by atoms with E-state index in [0.29, 0.717) is 6.04 Å². The number of likely N-dealkylation sites (N-methyl/N-ethyl adjacent to an activating group) is 1. The topological polar surface area (TPSA) is 37.2 Å². The summed E-state index contributed by atoms with van der Waals surface area (Å²) in [5.41, 5.74) is 0. The Hall–Kier alpha value is -1.24. The molecule has 1 aliphatic rings. The van der Waals surface area contributed by atoms with E-state index in [4.69, 9.17) is 0 Å². The summed E-state index contributed by atoms with van der Waals surface area (Å²) in [5.74, 6) is 2.03. The molecule has 1 atom stereocenters. The summed E-state index contributed by atoms with van der Waals surface area (Å²) in [6.07, 6.45) is 2.42. The molecule has 0 N–H and O–H groups in total. The Morgan fingerprint density at radius 2 is 2.27 bits per heavy atom. The van der Waals surface area contributed by atoms with Crippen molar-refractivity contribution in [2.24, 2.45) is 7.05 Å². The average molecular weight is 319 g/mol. The molecule has 0 aromatic carbocycles. The van der Waals surface area contributed by atoms with Gasteiger partial charge in [0.05, 0.1) is 6.54 Å². The highest BCUT2D eigenvalue weighted by molar-refractivity contribution is 7.09.